The summed E-state index contributed by atoms with van der Waals surface area (Å²) in [6.45, 7) is 0. The van der Waals surface area contributed by atoms with Crippen molar-refractivity contribution in [2.24, 2.45) is 0 Å². The van der Waals surface area contributed by atoms with Crippen LogP contribution in [0.3, 0.4) is 0 Å². The summed E-state index contributed by atoms with van der Waals surface area (Å²) >= 11 is 0. The molecule has 11 heteroatoms. The van der Waals surface area contributed by atoms with Crippen molar-refractivity contribution in [3.05, 3.63) is 14.9 Å². The molecule has 0 aliphatic rings. The molecule has 0 aromatic carbocycles. The Morgan fingerprint density at radius 1 is 0.706 bits per heavy atom. The van der Waals surface area contributed by atoms with Gasteiger partial charge in [-0.2, -0.15) is 26.3 Å². The van der Waals surface area contributed by atoms with Gasteiger partial charge in [-0.3, -0.25) is 0 Å². The summed E-state index contributed by atoms with van der Waals surface area (Å²) in [6, 6.07) is 0. The zero-order valence-corrected chi connectivity index (χ0v) is 9.82. The van der Waals surface area contributed by atoms with Gasteiger partial charge in [0.25, 0.3) is 0 Å². The van der Waals surface area contributed by atoms with Gasteiger partial charge in [-0.15, -0.1) is 0 Å². The SMILES string of the molecule is O=C(O)C(F)(F)F.O=C(O)C(F)(F)F.[CH3-].[CH3-].[V+2]. The van der Waals surface area contributed by atoms with Gasteiger partial charge in [-0.25, -0.2) is 9.59 Å². The van der Waals surface area contributed by atoms with Crippen molar-refractivity contribution in [2.45, 2.75) is 12.4 Å². The average molecular weight is 309 g/mol. The smallest absolute Gasteiger partial charge is 0.475 e. The van der Waals surface area contributed by atoms with Crippen molar-refractivity contribution < 1.29 is 64.7 Å². The summed E-state index contributed by atoms with van der Waals surface area (Å²) in [6.07, 6.45) is -10.2. The number of carboxylic acids is 2. The Bertz CT molecular complexity index is 200. The van der Waals surface area contributed by atoms with Crippen molar-refractivity contribution in [3.63, 3.8) is 0 Å². The van der Waals surface area contributed by atoms with Crippen molar-refractivity contribution in [2.75, 3.05) is 0 Å². The average Bonchev–Trinajstić information content (AvgIpc) is 1.83. The largest absolute Gasteiger partial charge is 2.00 e. The fourth-order valence-electron chi connectivity index (χ4n) is 0. The number of carbonyl (C=O) groups is 2. The fourth-order valence-corrected chi connectivity index (χ4v) is 0. The molecule has 0 aromatic rings. The number of hydrogen-bond donors (Lipinski definition) is 2. The van der Waals surface area contributed by atoms with E-state index in [0.717, 1.165) is 0 Å². The number of halogens is 6. The van der Waals surface area contributed by atoms with Crippen LogP contribution in [0, 0.1) is 14.9 Å². The first-order valence-corrected chi connectivity index (χ1v) is 2.49. The third kappa shape index (κ3) is 21.0. The van der Waals surface area contributed by atoms with E-state index in [4.69, 9.17) is 19.8 Å². The minimum atomic E-state index is -5.08. The van der Waals surface area contributed by atoms with Gasteiger partial charge in [-0.05, 0) is 0 Å². The second kappa shape index (κ2) is 10.3. The van der Waals surface area contributed by atoms with Gasteiger partial charge in [0, 0.05) is 0 Å². The first-order chi connectivity index (χ1) is 5.89. The molecule has 0 atom stereocenters. The Morgan fingerprint density at radius 2 is 0.765 bits per heavy atom. The monoisotopic (exact) mass is 309 g/mol. The molecule has 4 nitrogen and oxygen atoms in total. The van der Waals surface area contributed by atoms with E-state index in [1.807, 2.05) is 0 Å². The first-order valence-electron chi connectivity index (χ1n) is 2.49. The van der Waals surface area contributed by atoms with Crippen LogP contribution in [0.25, 0.3) is 0 Å². The minimum absolute atomic E-state index is 0. The van der Waals surface area contributed by atoms with Crippen LogP contribution in [0.1, 0.15) is 0 Å². The standard InChI is InChI=1S/2C2HF3O2.2CH3.V/c2*3-2(4,5)1(6)7;;;/h2*(H,6,7);2*1H3;/q;;2*-1;+2. The molecule has 0 aliphatic carbocycles. The van der Waals surface area contributed by atoms with Crippen LogP contribution in [-0.4, -0.2) is 34.5 Å². The predicted molar refractivity (Wildman–Crippen MR) is 40.2 cm³/mol. The van der Waals surface area contributed by atoms with E-state index in [-0.39, 0.29) is 33.4 Å². The van der Waals surface area contributed by atoms with Gasteiger partial charge >= 0.3 is 42.8 Å². The van der Waals surface area contributed by atoms with Crippen molar-refractivity contribution in [1.29, 1.82) is 0 Å². The van der Waals surface area contributed by atoms with Crippen molar-refractivity contribution in [3.8, 4) is 0 Å². The Kier molecular flexibility index (Phi) is 18.0. The van der Waals surface area contributed by atoms with Crippen molar-refractivity contribution >= 4 is 11.9 Å². The van der Waals surface area contributed by atoms with Gasteiger partial charge in [0.1, 0.15) is 0 Å². The van der Waals surface area contributed by atoms with E-state index in [2.05, 4.69) is 0 Å². The summed E-state index contributed by atoms with van der Waals surface area (Å²) in [5.41, 5.74) is 0. The molecule has 0 saturated carbocycles. The Labute approximate surface area is 104 Å². The quantitative estimate of drug-likeness (QED) is 0.531. The van der Waals surface area contributed by atoms with E-state index >= 15 is 0 Å². The molecular formula is C6H8F6O4V. The molecule has 103 valence electrons. The fraction of sp³-hybridized carbons (Fsp3) is 0.333. The molecule has 0 heterocycles. The maximum Gasteiger partial charge on any atom is 2.00 e. The first kappa shape index (κ1) is 29.8. The number of carboxylic acid groups (broad SMARTS) is 2. The molecule has 0 unspecified atom stereocenters. The van der Waals surface area contributed by atoms with Gasteiger partial charge in [0.2, 0.25) is 0 Å². The molecule has 0 fully saturated rings. The molecule has 2 N–H and O–H groups in total. The van der Waals surface area contributed by atoms with E-state index in [9.17, 15) is 26.3 Å². The molecule has 0 bridgehead atoms. The number of aliphatic carboxylic acids is 2. The summed E-state index contributed by atoms with van der Waals surface area (Å²) < 4.78 is 63.5. The summed E-state index contributed by atoms with van der Waals surface area (Å²) in [5.74, 6) is -5.51. The molecule has 0 rings (SSSR count). The molecule has 0 saturated heterocycles. The van der Waals surface area contributed by atoms with Crippen LogP contribution in [-0.2, 0) is 28.1 Å². The summed E-state index contributed by atoms with van der Waals surface area (Å²) in [7, 11) is 0. The second-order valence-electron chi connectivity index (χ2n) is 1.61. The number of hydrogen-bond acceptors (Lipinski definition) is 2. The predicted octanol–water partition coefficient (Wildman–Crippen LogP) is 2.16. The topological polar surface area (TPSA) is 74.6 Å². The van der Waals surface area contributed by atoms with Crippen LogP contribution in [0.5, 0.6) is 0 Å². The second-order valence-corrected chi connectivity index (χ2v) is 1.61. The zero-order chi connectivity index (χ0) is 12.2. The van der Waals surface area contributed by atoms with Crippen LogP contribution in [0.2, 0.25) is 0 Å². The third-order valence-corrected chi connectivity index (χ3v) is 0.485. The normalized spacial score (nSPS) is 9.29. The van der Waals surface area contributed by atoms with Crippen LogP contribution in [0.4, 0.5) is 26.3 Å². The van der Waals surface area contributed by atoms with Crippen LogP contribution < -0.4 is 0 Å². The minimum Gasteiger partial charge on any atom is -0.475 e. The maximum atomic E-state index is 10.6. The molecule has 1 radical (unpaired) electrons. The van der Waals surface area contributed by atoms with Crippen LogP contribution in [0.15, 0.2) is 0 Å². The molecule has 0 aliphatic heterocycles. The molecule has 17 heavy (non-hydrogen) atoms. The number of alkyl halides is 6. The molecule has 0 aromatic heterocycles. The van der Waals surface area contributed by atoms with Crippen LogP contribution >= 0.6 is 0 Å². The Morgan fingerprint density at radius 3 is 0.765 bits per heavy atom. The maximum absolute atomic E-state index is 10.6. The third-order valence-electron chi connectivity index (χ3n) is 0.485. The van der Waals surface area contributed by atoms with E-state index in [0.29, 0.717) is 0 Å². The van der Waals surface area contributed by atoms with E-state index in [1.54, 1.807) is 0 Å². The van der Waals surface area contributed by atoms with Crippen molar-refractivity contribution in [1.82, 2.24) is 0 Å². The van der Waals surface area contributed by atoms with Gasteiger partial charge in [-0.1, -0.05) is 0 Å². The Hall–Kier alpha value is -0.896. The zero-order valence-electron chi connectivity index (χ0n) is 8.43. The summed E-state index contributed by atoms with van der Waals surface area (Å²) in [5, 5.41) is 14.2. The molecule has 0 amide bonds. The van der Waals surface area contributed by atoms with Gasteiger partial charge in [0.05, 0.1) is 0 Å². The Balaban J connectivity index is -0.0000000480. The van der Waals surface area contributed by atoms with E-state index < -0.39 is 24.3 Å². The molecule has 0 spiro atoms. The van der Waals surface area contributed by atoms with E-state index in [1.165, 1.54) is 0 Å². The molecular weight excluding hydrogens is 301 g/mol. The number of rotatable bonds is 0. The van der Waals surface area contributed by atoms with Gasteiger partial charge in [0.15, 0.2) is 0 Å². The summed E-state index contributed by atoms with van der Waals surface area (Å²) in [4.78, 5) is 17.8. The van der Waals surface area contributed by atoms with Gasteiger partial charge < -0.3 is 25.1 Å².